The third-order valence-electron chi connectivity index (χ3n) is 4.52. The average Bonchev–Trinajstić information content (AvgIpc) is 2.75. The average molecular weight is 286 g/mol. The molecule has 4 heteroatoms. The first-order valence-corrected chi connectivity index (χ1v) is 7.48. The first-order chi connectivity index (χ1) is 9.81. The van der Waals surface area contributed by atoms with E-state index in [-0.39, 0.29) is 0 Å². The summed E-state index contributed by atoms with van der Waals surface area (Å²) in [6.07, 6.45) is 9.03. The smallest absolute Gasteiger partial charge is 0.0592 e. The van der Waals surface area contributed by atoms with Gasteiger partial charge in [-0.15, -0.1) is 0 Å². The summed E-state index contributed by atoms with van der Waals surface area (Å²) < 4.78 is 0. The largest absolute Gasteiger partial charge is 0.289 e. The third kappa shape index (κ3) is 2.02. The van der Waals surface area contributed by atoms with Crippen LogP contribution in [0, 0.1) is 0 Å². The Bertz CT molecular complexity index is 629. The van der Waals surface area contributed by atoms with Crippen LogP contribution in [-0.4, -0.2) is 20.9 Å². The molecule has 0 N–H and O–H groups in total. The van der Waals surface area contributed by atoms with Crippen LogP contribution in [0.1, 0.15) is 35.7 Å². The van der Waals surface area contributed by atoms with Gasteiger partial charge >= 0.3 is 0 Å². The third-order valence-corrected chi connectivity index (χ3v) is 4.72. The fourth-order valence-corrected chi connectivity index (χ4v) is 3.76. The minimum Gasteiger partial charge on any atom is -0.289 e. The maximum Gasteiger partial charge on any atom is 0.0592 e. The number of fused-ring (bicyclic) bond motifs is 4. The molecule has 0 radical (unpaired) electrons. The molecule has 102 valence electrons. The van der Waals surface area contributed by atoms with Crippen molar-refractivity contribution in [2.75, 3.05) is 0 Å². The molecule has 2 aromatic rings. The number of aromatic nitrogens is 2. The van der Waals surface area contributed by atoms with Crippen LogP contribution in [0.4, 0.5) is 0 Å². The maximum atomic E-state index is 6.13. The SMILES string of the molecule is Clc1cnc2c(c1)C1CCC(C2)N1Cc1ccncc1. The molecule has 1 saturated heterocycles. The van der Waals surface area contributed by atoms with E-state index in [1.807, 2.05) is 12.4 Å². The van der Waals surface area contributed by atoms with Crippen molar-refractivity contribution in [1.29, 1.82) is 0 Å². The fraction of sp³-hybridized carbons (Fsp3) is 0.375. The summed E-state index contributed by atoms with van der Waals surface area (Å²) in [5.41, 5.74) is 3.91. The van der Waals surface area contributed by atoms with Gasteiger partial charge in [-0.1, -0.05) is 11.6 Å². The summed E-state index contributed by atoms with van der Waals surface area (Å²) >= 11 is 6.13. The van der Waals surface area contributed by atoms with Crippen LogP contribution in [0.2, 0.25) is 5.02 Å². The van der Waals surface area contributed by atoms with E-state index >= 15 is 0 Å². The highest BCUT2D eigenvalue weighted by Gasteiger charge is 2.40. The van der Waals surface area contributed by atoms with Crippen LogP contribution in [0.25, 0.3) is 0 Å². The summed E-state index contributed by atoms with van der Waals surface area (Å²) in [6.45, 7) is 0.990. The van der Waals surface area contributed by atoms with E-state index in [2.05, 4.69) is 33.1 Å². The second-order valence-electron chi connectivity index (χ2n) is 5.67. The Morgan fingerprint density at radius 1 is 1.25 bits per heavy atom. The molecule has 4 heterocycles. The molecule has 2 aliphatic rings. The van der Waals surface area contributed by atoms with Gasteiger partial charge in [0.2, 0.25) is 0 Å². The molecule has 2 aromatic heterocycles. The number of pyridine rings is 2. The predicted octanol–water partition coefficient (Wildman–Crippen LogP) is 3.39. The minimum atomic E-state index is 0.475. The lowest BCUT2D eigenvalue weighted by atomic mass is 9.97. The van der Waals surface area contributed by atoms with Crippen molar-refractivity contribution in [2.45, 2.75) is 37.9 Å². The van der Waals surface area contributed by atoms with Gasteiger partial charge in [-0.2, -0.15) is 0 Å². The Labute approximate surface area is 123 Å². The van der Waals surface area contributed by atoms with Crippen molar-refractivity contribution >= 4 is 11.6 Å². The molecule has 0 aliphatic carbocycles. The fourth-order valence-electron chi connectivity index (χ4n) is 3.59. The van der Waals surface area contributed by atoms with Crippen molar-refractivity contribution in [3.63, 3.8) is 0 Å². The van der Waals surface area contributed by atoms with Crippen molar-refractivity contribution in [3.05, 3.63) is 58.6 Å². The van der Waals surface area contributed by atoms with E-state index in [0.29, 0.717) is 12.1 Å². The van der Waals surface area contributed by atoms with E-state index in [0.717, 1.165) is 18.0 Å². The number of nitrogens with zero attached hydrogens (tertiary/aromatic N) is 3. The van der Waals surface area contributed by atoms with Gasteiger partial charge in [-0.25, -0.2) is 0 Å². The highest BCUT2D eigenvalue weighted by atomic mass is 35.5. The molecule has 2 unspecified atom stereocenters. The second-order valence-corrected chi connectivity index (χ2v) is 6.10. The molecule has 1 fully saturated rings. The number of halogens is 1. The summed E-state index contributed by atoms with van der Waals surface area (Å²) in [7, 11) is 0. The van der Waals surface area contributed by atoms with Gasteiger partial charge in [-0.05, 0) is 42.2 Å². The van der Waals surface area contributed by atoms with Crippen LogP contribution in [0.15, 0.2) is 36.8 Å². The molecule has 2 aliphatic heterocycles. The van der Waals surface area contributed by atoms with Gasteiger partial charge < -0.3 is 0 Å². The molecule has 2 atom stereocenters. The molecule has 0 spiro atoms. The highest BCUT2D eigenvalue weighted by molar-refractivity contribution is 6.30. The van der Waals surface area contributed by atoms with Gasteiger partial charge in [0, 0.05) is 49.3 Å². The Balaban J connectivity index is 1.67. The lowest BCUT2D eigenvalue weighted by Gasteiger charge is -2.35. The lowest BCUT2D eigenvalue weighted by molar-refractivity contribution is 0.166. The van der Waals surface area contributed by atoms with Crippen LogP contribution >= 0.6 is 11.6 Å². The zero-order valence-corrected chi connectivity index (χ0v) is 11.9. The standard InChI is InChI=1S/C16H16ClN3/c17-12-7-14-15(19-9-12)8-13-1-2-16(14)20(13)10-11-3-5-18-6-4-11/h3-7,9,13,16H,1-2,8,10H2. The van der Waals surface area contributed by atoms with Crippen LogP contribution in [0.3, 0.4) is 0 Å². The highest BCUT2D eigenvalue weighted by Crippen LogP contribution is 2.44. The minimum absolute atomic E-state index is 0.475. The van der Waals surface area contributed by atoms with E-state index in [1.165, 1.54) is 29.7 Å². The molecule has 0 saturated carbocycles. The van der Waals surface area contributed by atoms with Gasteiger partial charge in [-0.3, -0.25) is 14.9 Å². The predicted molar refractivity (Wildman–Crippen MR) is 78.5 cm³/mol. The Hall–Kier alpha value is -1.45. The van der Waals surface area contributed by atoms with Gasteiger partial charge in [0.05, 0.1) is 5.02 Å². The number of hydrogen-bond donors (Lipinski definition) is 0. The van der Waals surface area contributed by atoms with Crippen LogP contribution in [-0.2, 0) is 13.0 Å². The van der Waals surface area contributed by atoms with Gasteiger partial charge in [0.15, 0.2) is 0 Å². The van der Waals surface area contributed by atoms with Crippen molar-refractivity contribution in [3.8, 4) is 0 Å². The van der Waals surface area contributed by atoms with E-state index in [1.54, 1.807) is 6.20 Å². The van der Waals surface area contributed by atoms with E-state index in [9.17, 15) is 0 Å². The van der Waals surface area contributed by atoms with Gasteiger partial charge in [0.1, 0.15) is 0 Å². The zero-order valence-electron chi connectivity index (χ0n) is 11.2. The first kappa shape index (κ1) is 12.3. The molecule has 2 bridgehead atoms. The lowest BCUT2D eigenvalue weighted by Crippen LogP contribution is -2.37. The molecule has 20 heavy (non-hydrogen) atoms. The monoisotopic (exact) mass is 285 g/mol. The molecule has 0 aromatic carbocycles. The van der Waals surface area contributed by atoms with Crippen LogP contribution < -0.4 is 0 Å². The van der Waals surface area contributed by atoms with Crippen LogP contribution in [0.5, 0.6) is 0 Å². The topological polar surface area (TPSA) is 29.0 Å². The molecule has 4 rings (SSSR count). The summed E-state index contributed by atoms with van der Waals surface area (Å²) in [5.74, 6) is 0. The normalized spacial score (nSPS) is 24.6. The van der Waals surface area contributed by atoms with Gasteiger partial charge in [0.25, 0.3) is 0 Å². The van der Waals surface area contributed by atoms with E-state index in [4.69, 9.17) is 11.6 Å². The van der Waals surface area contributed by atoms with Crippen molar-refractivity contribution < 1.29 is 0 Å². The summed E-state index contributed by atoms with van der Waals surface area (Å²) in [5, 5.41) is 0.748. The summed E-state index contributed by atoms with van der Waals surface area (Å²) in [6, 6.07) is 7.41. The maximum absolute atomic E-state index is 6.13. The number of rotatable bonds is 2. The second kappa shape index (κ2) is 4.83. The zero-order chi connectivity index (χ0) is 13.5. The Morgan fingerprint density at radius 2 is 2.10 bits per heavy atom. The quantitative estimate of drug-likeness (QED) is 0.847. The first-order valence-electron chi connectivity index (χ1n) is 7.10. The van der Waals surface area contributed by atoms with E-state index < -0.39 is 0 Å². The molecule has 0 amide bonds. The molecular formula is C16H16ClN3. The summed E-state index contributed by atoms with van der Waals surface area (Å²) in [4.78, 5) is 11.2. The van der Waals surface area contributed by atoms with Crippen molar-refractivity contribution in [1.82, 2.24) is 14.9 Å². The van der Waals surface area contributed by atoms with Crippen molar-refractivity contribution in [2.24, 2.45) is 0 Å². The molecular weight excluding hydrogens is 270 g/mol. The Kier molecular flexibility index (Phi) is 2.97. The Morgan fingerprint density at radius 3 is 2.95 bits per heavy atom. The number of hydrogen-bond acceptors (Lipinski definition) is 3. The molecule has 3 nitrogen and oxygen atoms in total.